The lowest BCUT2D eigenvalue weighted by atomic mass is 9.92. The predicted molar refractivity (Wildman–Crippen MR) is 121 cm³/mol. The predicted octanol–water partition coefficient (Wildman–Crippen LogP) is 2.91. The van der Waals surface area contributed by atoms with Crippen molar-refractivity contribution in [1.82, 2.24) is 10.6 Å². The van der Waals surface area contributed by atoms with Gasteiger partial charge in [-0.25, -0.2) is 4.79 Å². The lowest BCUT2D eigenvalue weighted by Crippen LogP contribution is -2.41. The fourth-order valence-corrected chi connectivity index (χ4v) is 3.29. The Kier molecular flexibility index (Phi) is 10.2. The van der Waals surface area contributed by atoms with Crippen LogP contribution in [0.25, 0.3) is 0 Å². The first-order chi connectivity index (χ1) is 15.4. The molecule has 1 unspecified atom stereocenters. The van der Waals surface area contributed by atoms with Crippen molar-refractivity contribution in [2.45, 2.75) is 51.3 Å². The summed E-state index contributed by atoms with van der Waals surface area (Å²) in [5, 5.41) is 14.8. The average Bonchev–Trinajstić information content (AvgIpc) is 2.80. The van der Waals surface area contributed by atoms with E-state index in [0.29, 0.717) is 31.4 Å². The zero-order valence-electron chi connectivity index (χ0n) is 18.3. The molecule has 8 nitrogen and oxygen atoms in total. The fraction of sp³-hybridized carbons (Fsp3) is 0.375. The number of nitrogens with two attached hydrogens (primary N) is 1. The highest BCUT2D eigenvalue weighted by molar-refractivity contribution is 5.81. The molecule has 2 atom stereocenters. The van der Waals surface area contributed by atoms with Gasteiger partial charge in [-0.3, -0.25) is 9.59 Å². The van der Waals surface area contributed by atoms with Gasteiger partial charge in [-0.1, -0.05) is 61.5 Å². The summed E-state index contributed by atoms with van der Waals surface area (Å²) in [4.78, 5) is 35.5. The Morgan fingerprint density at radius 3 is 2.41 bits per heavy atom. The maximum atomic E-state index is 12.3. The smallest absolute Gasteiger partial charge is 0.407 e. The molecule has 2 aromatic rings. The second kappa shape index (κ2) is 13.1. The number of aliphatic carboxylic acids is 1. The zero-order chi connectivity index (χ0) is 23.3. The summed E-state index contributed by atoms with van der Waals surface area (Å²) < 4.78 is 5.12. The van der Waals surface area contributed by atoms with Gasteiger partial charge in [0.15, 0.2) is 0 Å². The van der Waals surface area contributed by atoms with Crippen LogP contribution in [0.15, 0.2) is 54.6 Å². The largest absolute Gasteiger partial charge is 0.481 e. The SMILES string of the molecule is CCC(C(=O)O)c1ccccc1CNC(=O)[C@@H](N)CCCNC(=O)OCc1ccccc1. The highest BCUT2D eigenvalue weighted by Gasteiger charge is 2.21. The van der Waals surface area contributed by atoms with Gasteiger partial charge in [0.25, 0.3) is 0 Å². The van der Waals surface area contributed by atoms with E-state index in [1.165, 1.54) is 0 Å². The maximum Gasteiger partial charge on any atom is 0.407 e. The Morgan fingerprint density at radius 1 is 1.03 bits per heavy atom. The molecule has 0 spiro atoms. The molecule has 0 aromatic heterocycles. The summed E-state index contributed by atoms with van der Waals surface area (Å²) in [5.74, 6) is -1.84. The average molecular weight is 442 g/mol. The van der Waals surface area contributed by atoms with Crippen molar-refractivity contribution >= 4 is 18.0 Å². The summed E-state index contributed by atoms with van der Waals surface area (Å²) in [5.41, 5.74) is 8.30. The fourth-order valence-electron chi connectivity index (χ4n) is 3.29. The third-order valence-electron chi connectivity index (χ3n) is 5.10. The first-order valence-electron chi connectivity index (χ1n) is 10.7. The van der Waals surface area contributed by atoms with E-state index >= 15 is 0 Å². The van der Waals surface area contributed by atoms with Gasteiger partial charge in [0.1, 0.15) is 6.61 Å². The molecule has 172 valence electrons. The van der Waals surface area contributed by atoms with E-state index in [0.717, 1.165) is 11.1 Å². The molecule has 32 heavy (non-hydrogen) atoms. The summed E-state index contributed by atoms with van der Waals surface area (Å²) in [6, 6.07) is 15.8. The van der Waals surface area contributed by atoms with Crippen molar-refractivity contribution in [3.8, 4) is 0 Å². The normalized spacial score (nSPS) is 12.4. The quantitative estimate of drug-likeness (QED) is 0.375. The third kappa shape index (κ3) is 8.03. The van der Waals surface area contributed by atoms with E-state index in [9.17, 15) is 19.5 Å². The number of nitrogens with one attached hydrogen (secondary N) is 2. The minimum Gasteiger partial charge on any atom is -0.481 e. The highest BCUT2D eigenvalue weighted by atomic mass is 16.5. The van der Waals surface area contributed by atoms with Crippen molar-refractivity contribution in [3.05, 3.63) is 71.3 Å². The van der Waals surface area contributed by atoms with Gasteiger partial charge in [0, 0.05) is 13.1 Å². The van der Waals surface area contributed by atoms with E-state index in [-0.39, 0.29) is 19.1 Å². The second-order valence-corrected chi connectivity index (χ2v) is 7.45. The molecular weight excluding hydrogens is 410 g/mol. The first-order valence-corrected chi connectivity index (χ1v) is 10.7. The lowest BCUT2D eigenvalue weighted by molar-refractivity contribution is -0.138. The minimum atomic E-state index is -0.891. The van der Waals surface area contributed by atoms with Crippen LogP contribution in [0.2, 0.25) is 0 Å². The number of hydrogen-bond acceptors (Lipinski definition) is 5. The summed E-state index contributed by atoms with van der Waals surface area (Å²) in [6.45, 7) is 2.55. The van der Waals surface area contributed by atoms with Crippen molar-refractivity contribution in [3.63, 3.8) is 0 Å². The van der Waals surface area contributed by atoms with E-state index in [4.69, 9.17) is 10.5 Å². The molecule has 0 aliphatic heterocycles. The molecule has 0 bridgehead atoms. The van der Waals surface area contributed by atoms with Crippen LogP contribution in [0.1, 0.15) is 48.8 Å². The van der Waals surface area contributed by atoms with Crippen molar-refractivity contribution in [2.75, 3.05) is 6.54 Å². The number of carboxylic acid groups (broad SMARTS) is 1. The molecule has 5 N–H and O–H groups in total. The number of carboxylic acids is 1. The molecule has 8 heteroatoms. The van der Waals surface area contributed by atoms with E-state index in [2.05, 4.69) is 10.6 Å². The summed E-state index contributed by atoms with van der Waals surface area (Å²) >= 11 is 0. The van der Waals surface area contributed by atoms with Gasteiger partial charge in [-0.2, -0.15) is 0 Å². The molecular formula is C24H31N3O5. The molecule has 0 radical (unpaired) electrons. The number of ether oxygens (including phenoxy) is 1. The molecule has 0 aliphatic rings. The number of alkyl carbamates (subject to hydrolysis) is 1. The summed E-state index contributed by atoms with van der Waals surface area (Å²) in [7, 11) is 0. The number of hydrogen-bond donors (Lipinski definition) is 4. The van der Waals surface area contributed by atoms with Crippen LogP contribution in [0, 0.1) is 0 Å². The Balaban J connectivity index is 1.70. The number of amides is 2. The van der Waals surface area contributed by atoms with Gasteiger partial charge in [-0.15, -0.1) is 0 Å². The number of carbonyl (C=O) groups excluding carboxylic acids is 2. The summed E-state index contributed by atoms with van der Waals surface area (Å²) in [6.07, 6.45) is 0.842. The topological polar surface area (TPSA) is 131 Å². The molecule has 0 fully saturated rings. The van der Waals surface area contributed by atoms with Crippen molar-refractivity contribution < 1.29 is 24.2 Å². The molecule has 2 aromatic carbocycles. The molecule has 0 aliphatic carbocycles. The molecule has 0 saturated heterocycles. The van der Waals surface area contributed by atoms with Crippen LogP contribution in [0.3, 0.4) is 0 Å². The Hall–Kier alpha value is -3.39. The Morgan fingerprint density at radius 2 is 1.72 bits per heavy atom. The zero-order valence-corrected chi connectivity index (χ0v) is 18.3. The van der Waals surface area contributed by atoms with Crippen LogP contribution < -0.4 is 16.4 Å². The standard InChI is InChI=1S/C24H31N3O5/c1-2-19(23(29)30)20-12-7-6-11-18(20)15-27-22(28)21(25)13-8-14-26-24(31)32-16-17-9-4-3-5-10-17/h3-7,9-12,19,21H,2,8,13-16,25H2,1H3,(H,26,31)(H,27,28)(H,29,30)/t19?,21-/m0/s1. The van der Waals surface area contributed by atoms with Gasteiger partial charge < -0.3 is 26.2 Å². The number of benzene rings is 2. The van der Waals surface area contributed by atoms with Crippen LogP contribution in [-0.2, 0) is 27.5 Å². The van der Waals surface area contributed by atoms with Crippen LogP contribution in [0.5, 0.6) is 0 Å². The number of carbonyl (C=O) groups is 3. The van der Waals surface area contributed by atoms with Gasteiger partial charge in [0.05, 0.1) is 12.0 Å². The van der Waals surface area contributed by atoms with Crippen molar-refractivity contribution in [1.29, 1.82) is 0 Å². The van der Waals surface area contributed by atoms with E-state index < -0.39 is 24.0 Å². The minimum absolute atomic E-state index is 0.191. The van der Waals surface area contributed by atoms with E-state index in [1.807, 2.05) is 43.3 Å². The molecule has 0 saturated carbocycles. The molecule has 0 heterocycles. The van der Waals surface area contributed by atoms with Gasteiger partial charge in [0.2, 0.25) is 5.91 Å². The Labute approximate surface area is 188 Å². The monoisotopic (exact) mass is 441 g/mol. The maximum absolute atomic E-state index is 12.3. The number of rotatable bonds is 12. The highest BCUT2D eigenvalue weighted by Crippen LogP contribution is 2.23. The van der Waals surface area contributed by atoms with Crippen LogP contribution >= 0.6 is 0 Å². The van der Waals surface area contributed by atoms with Crippen LogP contribution in [-0.4, -0.2) is 35.7 Å². The lowest BCUT2D eigenvalue weighted by Gasteiger charge is -2.17. The van der Waals surface area contributed by atoms with Crippen LogP contribution in [0.4, 0.5) is 4.79 Å². The molecule has 2 rings (SSSR count). The van der Waals surface area contributed by atoms with Gasteiger partial charge in [-0.05, 0) is 36.0 Å². The van der Waals surface area contributed by atoms with Crippen molar-refractivity contribution in [2.24, 2.45) is 5.73 Å². The molecule has 2 amide bonds. The Bertz CT molecular complexity index is 888. The second-order valence-electron chi connectivity index (χ2n) is 7.45. The van der Waals surface area contributed by atoms with Gasteiger partial charge >= 0.3 is 12.1 Å². The van der Waals surface area contributed by atoms with E-state index in [1.54, 1.807) is 18.2 Å². The third-order valence-corrected chi connectivity index (χ3v) is 5.10. The first kappa shape index (κ1) is 24.9.